The number of esters is 1. The molecule has 1 aromatic heterocycles. The topological polar surface area (TPSA) is 56.2 Å². The molecule has 1 saturated carbocycles. The van der Waals surface area contributed by atoms with Gasteiger partial charge in [0.1, 0.15) is 6.04 Å². The van der Waals surface area contributed by atoms with Crippen LogP contribution in [0.3, 0.4) is 0 Å². The van der Waals surface area contributed by atoms with E-state index >= 15 is 0 Å². The van der Waals surface area contributed by atoms with Crippen LogP contribution in [0.2, 0.25) is 0 Å². The summed E-state index contributed by atoms with van der Waals surface area (Å²) in [5, 5.41) is 3.43. The Bertz CT molecular complexity index is 378. The highest BCUT2D eigenvalue weighted by molar-refractivity contribution is 5.75. The molecule has 1 fully saturated rings. The molecule has 1 aliphatic rings. The van der Waals surface area contributed by atoms with Gasteiger partial charge < -0.3 is 9.30 Å². The van der Waals surface area contributed by atoms with Crippen LogP contribution >= 0.6 is 0 Å². The lowest BCUT2D eigenvalue weighted by Crippen LogP contribution is -2.45. The predicted molar refractivity (Wildman–Crippen MR) is 68.1 cm³/mol. The molecule has 0 amide bonds. The molecular weight excluding hydrogens is 230 g/mol. The predicted octanol–water partition coefficient (Wildman–Crippen LogP) is 1.52. The van der Waals surface area contributed by atoms with Crippen molar-refractivity contribution in [2.24, 2.45) is 0 Å². The van der Waals surface area contributed by atoms with Crippen LogP contribution in [0.15, 0.2) is 18.7 Å². The highest BCUT2D eigenvalue weighted by atomic mass is 16.5. The van der Waals surface area contributed by atoms with Gasteiger partial charge in [0.15, 0.2) is 0 Å². The number of methoxy groups -OCH3 is 1. The average molecular weight is 251 g/mol. The monoisotopic (exact) mass is 251 g/mol. The van der Waals surface area contributed by atoms with Gasteiger partial charge in [0.05, 0.1) is 13.4 Å². The van der Waals surface area contributed by atoms with Crippen LogP contribution < -0.4 is 5.32 Å². The normalized spacial score (nSPS) is 25.0. The first-order chi connectivity index (χ1) is 8.76. The van der Waals surface area contributed by atoms with Gasteiger partial charge in [0, 0.05) is 24.5 Å². The van der Waals surface area contributed by atoms with Crippen molar-refractivity contribution in [2.75, 3.05) is 7.11 Å². The van der Waals surface area contributed by atoms with Crippen LogP contribution in [0.25, 0.3) is 0 Å². The summed E-state index contributed by atoms with van der Waals surface area (Å²) in [7, 11) is 1.44. The Hall–Kier alpha value is -1.36. The molecule has 5 nitrogen and oxygen atoms in total. The van der Waals surface area contributed by atoms with Gasteiger partial charge in [-0.25, -0.2) is 4.98 Å². The van der Waals surface area contributed by atoms with Crippen molar-refractivity contribution in [2.45, 2.75) is 50.7 Å². The first kappa shape index (κ1) is 13.1. The van der Waals surface area contributed by atoms with Gasteiger partial charge in [-0.15, -0.1) is 0 Å². The second-order valence-electron chi connectivity index (χ2n) is 4.77. The van der Waals surface area contributed by atoms with E-state index in [2.05, 4.69) is 14.9 Å². The van der Waals surface area contributed by atoms with E-state index in [-0.39, 0.29) is 12.0 Å². The van der Waals surface area contributed by atoms with Gasteiger partial charge in [0.25, 0.3) is 0 Å². The maximum absolute atomic E-state index is 11.6. The van der Waals surface area contributed by atoms with Crippen molar-refractivity contribution in [1.29, 1.82) is 0 Å². The van der Waals surface area contributed by atoms with Crippen molar-refractivity contribution >= 4 is 5.97 Å². The number of nitrogens with one attached hydrogen (secondary N) is 1. The molecule has 100 valence electrons. The van der Waals surface area contributed by atoms with Gasteiger partial charge in [-0.1, -0.05) is 6.92 Å². The van der Waals surface area contributed by atoms with Gasteiger partial charge in [-0.3, -0.25) is 10.1 Å². The van der Waals surface area contributed by atoms with E-state index in [0.29, 0.717) is 12.1 Å². The first-order valence-corrected chi connectivity index (χ1v) is 6.57. The molecule has 1 aliphatic carbocycles. The van der Waals surface area contributed by atoms with Crippen molar-refractivity contribution < 1.29 is 9.53 Å². The van der Waals surface area contributed by atoms with E-state index in [9.17, 15) is 4.79 Å². The molecule has 0 spiro atoms. The van der Waals surface area contributed by atoms with Crippen LogP contribution in [0.1, 0.15) is 38.6 Å². The maximum Gasteiger partial charge on any atom is 0.322 e. The fourth-order valence-electron chi connectivity index (χ4n) is 2.71. The number of carbonyl (C=O) groups excluding carboxylic acids is 1. The van der Waals surface area contributed by atoms with Crippen molar-refractivity contribution in [3.05, 3.63) is 18.7 Å². The number of carbonyl (C=O) groups is 1. The molecule has 0 aromatic carbocycles. The lowest BCUT2D eigenvalue weighted by molar-refractivity contribution is -0.143. The minimum absolute atomic E-state index is 0.172. The Morgan fingerprint density at radius 2 is 2.44 bits per heavy atom. The molecule has 0 saturated heterocycles. The van der Waals surface area contributed by atoms with Crippen LogP contribution in [0.4, 0.5) is 0 Å². The Morgan fingerprint density at radius 3 is 3.06 bits per heavy atom. The second kappa shape index (κ2) is 6.00. The van der Waals surface area contributed by atoms with E-state index < -0.39 is 0 Å². The number of nitrogens with zero attached hydrogens (tertiary/aromatic N) is 2. The molecule has 1 aromatic rings. The fraction of sp³-hybridized carbons (Fsp3) is 0.692. The Morgan fingerprint density at radius 1 is 1.61 bits per heavy atom. The van der Waals surface area contributed by atoms with Gasteiger partial charge in [-0.05, 0) is 25.7 Å². The SMILES string of the molecule is CCC(NC1CCCC1n1ccnc1)C(=O)OC. The third-order valence-corrected chi connectivity index (χ3v) is 3.70. The Balaban J connectivity index is 2.01. The van der Waals surface area contributed by atoms with E-state index in [4.69, 9.17) is 4.74 Å². The van der Waals surface area contributed by atoms with Gasteiger partial charge >= 0.3 is 5.97 Å². The van der Waals surface area contributed by atoms with Crippen LogP contribution in [0.5, 0.6) is 0 Å². The zero-order valence-corrected chi connectivity index (χ0v) is 11.0. The summed E-state index contributed by atoms with van der Waals surface area (Å²) >= 11 is 0. The van der Waals surface area contributed by atoms with Crippen molar-refractivity contribution in [3.63, 3.8) is 0 Å². The first-order valence-electron chi connectivity index (χ1n) is 6.57. The third kappa shape index (κ3) is 2.72. The summed E-state index contributed by atoms with van der Waals surface area (Å²) in [6.45, 7) is 2.00. The standard InChI is InChI=1S/C13H21N3O2/c1-3-10(13(17)18-2)15-11-5-4-6-12(11)16-8-7-14-9-16/h7-12,15H,3-6H2,1-2H3. The molecule has 0 bridgehead atoms. The molecular formula is C13H21N3O2. The molecule has 3 atom stereocenters. The van der Waals surface area contributed by atoms with E-state index in [1.807, 2.05) is 19.4 Å². The second-order valence-corrected chi connectivity index (χ2v) is 4.77. The van der Waals surface area contributed by atoms with E-state index in [0.717, 1.165) is 19.3 Å². The smallest absolute Gasteiger partial charge is 0.322 e. The molecule has 2 rings (SSSR count). The van der Waals surface area contributed by atoms with Crippen LogP contribution in [0, 0.1) is 0 Å². The molecule has 1 heterocycles. The number of hydrogen-bond donors (Lipinski definition) is 1. The number of rotatable bonds is 5. The quantitative estimate of drug-likeness (QED) is 0.806. The van der Waals surface area contributed by atoms with Gasteiger partial charge in [-0.2, -0.15) is 0 Å². The van der Waals surface area contributed by atoms with E-state index in [1.54, 1.807) is 6.20 Å². The summed E-state index contributed by atoms with van der Waals surface area (Å²) in [5.74, 6) is -0.172. The molecule has 0 aliphatic heterocycles. The zero-order chi connectivity index (χ0) is 13.0. The molecule has 5 heteroatoms. The van der Waals surface area contributed by atoms with E-state index in [1.165, 1.54) is 13.5 Å². The molecule has 18 heavy (non-hydrogen) atoms. The Labute approximate surface area is 108 Å². The minimum atomic E-state index is -0.205. The van der Waals surface area contributed by atoms with Crippen LogP contribution in [-0.4, -0.2) is 34.7 Å². The summed E-state index contributed by atoms with van der Waals surface area (Å²) in [6.07, 6.45) is 9.79. The average Bonchev–Trinajstić information content (AvgIpc) is 3.05. The zero-order valence-electron chi connectivity index (χ0n) is 11.0. The highest BCUT2D eigenvalue weighted by Crippen LogP contribution is 2.30. The molecule has 0 radical (unpaired) electrons. The highest BCUT2D eigenvalue weighted by Gasteiger charge is 2.31. The number of aromatic nitrogens is 2. The van der Waals surface area contributed by atoms with Crippen LogP contribution in [-0.2, 0) is 9.53 Å². The number of imidazole rings is 1. The van der Waals surface area contributed by atoms with Gasteiger partial charge in [0.2, 0.25) is 0 Å². The third-order valence-electron chi connectivity index (χ3n) is 3.70. The lowest BCUT2D eigenvalue weighted by atomic mass is 10.1. The lowest BCUT2D eigenvalue weighted by Gasteiger charge is -2.26. The minimum Gasteiger partial charge on any atom is -0.468 e. The Kier molecular flexibility index (Phi) is 4.36. The largest absolute Gasteiger partial charge is 0.468 e. The number of ether oxygens (including phenoxy) is 1. The summed E-state index contributed by atoms with van der Waals surface area (Å²) in [5.41, 5.74) is 0. The number of hydrogen-bond acceptors (Lipinski definition) is 4. The molecule has 1 N–H and O–H groups in total. The summed E-state index contributed by atoms with van der Waals surface area (Å²) in [6, 6.07) is 0.513. The summed E-state index contributed by atoms with van der Waals surface area (Å²) in [4.78, 5) is 15.7. The molecule has 3 unspecified atom stereocenters. The van der Waals surface area contributed by atoms with Crippen molar-refractivity contribution in [3.8, 4) is 0 Å². The summed E-state index contributed by atoms with van der Waals surface area (Å²) < 4.78 is 6.95. The maximum atomic E-state index is 11.6. The fourth-order valence-corrected chi connectivity index (χ4v) is 2.71. The van der Waals surface area contributed by atoms with Crippen molar-refractivity contribution in [1.82, 2.24) is 14.9 Å².